The van der Waals surface area contributed by atoms with Crippen LogP contribution < -0.4 is 10.6 Å². The van der Waals surface area contributed by atoms with E-state index in [2.05, 4.69) is 15.7 Å². The quantitative estimate of drug-likeness (QED) is 0.749. The van der Waals surface area contributed by atoms with Gasteiger partial charge >= 0.3 is 5.97 Å². The van der Waals surface area contributed by atoms with Gasteiger partial charge in [-0.05, 0) is 32.0 Å². The molecule has 144 valence electrons. The molecule has 1 aromatic carbocycles. The van der Waals surface area contributed by atoms with Crippen LogP contribution in [0.15, 0.2) is 30.5 Å². The largest absolute Gasteiger partial charge is 0.462 e. The van der Waals surface area contributed by atoms with Crippen molar-refractivity contribution < 1.29 is 19.1 Å². The first-order valence-corrected chi connectivity index (χ1v) is 9.01. The first-order valence-electron chi connectivity index (χ1n) is 9.01. The highest BCUT2D eigenvalue weighted by molar-refractivity contribution is 5.92. The van der Waals surface area contributed by atoms with E-state index in [-0.39, 0.29) is 11.9 Å². The molecule has 1 aliphatic rings. The monoisotopic (exact) mass is 372 g/mol. The molecule has 0 radical (unpaired) electrons. The van der Waals surface area contributed by atoms with Gasteiger partial charge in [0.25, 0.3) is 0 Å². The van der Waals surface area contributed by atoms with Crippen LogP contribution in [0, 0.1) is 6.92 Å². The molecular weight excluding hydrogens is 348 g/mol. The summed E-state index contributed by atoms with van der Waals surface area (Å²) < 4.78 is 12.1. The summed E-state index contributed by atoms with van der Waals surface area (Å²) in [6.07, 6.45) is 1.84. The molecule has 1 unspecified atom stereocenters. The minimum Gasteiger partial charge on any atom is -0.462 e. The molecule has 1 amide bonds. The summed E-state index contributed by atoms with van der Waals surface area (Å²) in [5, 5.41) is 10.4. The highest BCUT2D eigenvalue weighted by atomic mass is 16.5. The lowest BCUT2D eigenvalue weighted by atomic mass is 10.2. The van der Waals surface area contributed by atoms with E-state index in [0.29, 0.717) is 43.2 Å². The van der Waals surface area contributed by atoms with E-state index in [4.69, 9.17) is 9.47 Å². The number of anilines is 1. The number of morpholine rings is 1. The van der Waals surface area contributed by atoms with Gasteiger partial charge in [-0.15, -0.1) is 0 Å². The summed E-state index contributed by atoms with van der Waals surface area (Å²) in [5.74, 6) is -0.479. The van der Waals surface area contributed by atoms with Crippen LogP contribution in [0.5, 0.6) is 0 Å². The van der Waals surface area contributed by atoms with Crippen LogP contribution in [0.25, 0.3) is 5.69 Å². The van der Waals surface area contributed by atoms with Crippen LogP contribution in [0.1, 0.15) is 29.4 Å². The maximum absolute atomic E-state index is 12.3. The Morgan fingerprint density at radius 3 is 3.04 bits per heavy atom. The molecule has 2 N–H and O–H groups in total. The lowest BCUT2D eigenvalue weighted by Gasteiger charge is -2.23. The minimum absolute atomic E-state index is 0.0300. The molecule has 1 atom stereocenters. The van der Waals surface area contributed by atoms with Crippen LogP contribution in [0.4, 0.5) is 5.69 Å². The van der Waals surface area contributed by atoms with Crippen molar-refractivity contribution in [2.75, 3.05) is 31.7 Å². The molecule has 8 heteroatoms. The molecule has 2 heterocycles. The Kier molecular flexibility index (Phi) is 6.20. The zero-order chi connectivity index (χ0) is 19.2. The minimum atomic E-state index is -0.395. The van der Waals surface area contributed by atoms with E-state index in [9.17, 15) is 9.59 Å². The van der Waals surface area contributed by atoms with Gasteiger partial charge in [-0.25, -0.2) is 9.48 Å². The second-order valence-corrected chi connectivity index (χ2v) is 6.30. The third-order valence-corrected chi connectivity index (χ3v) is 4.31. The SMILES string of the molecule is CCOC(=O)c1cnn(-c2cccc(NC(=O)CC3COCCN3)c2)c1C. The van der Waals surface area contributed by atoms with Crippen LogP contribution in [0.2, 0.25) is 0 Å². The van der Waals surface area contributed by atoms with E-state index in [0.717, 1.165) is 12.2 Å². The second kappa shape index (κ2) is 8.79. The fraction of sp³-hybridized carbons (Fsp3) is 0.421. The summed E-state index contributed by atoms with van der Waals surface area (Å²) in [6.45, 7) is 5.85. The molecule has 1 aromatic heterocycles. The number of benzene rings is 1. The van der Waals surface area contributed by atoms with Crippen molar-refractivity contribution in [3.05, 3.63) is 41.7 Å². The highest BCUT2D eigenvalue weighted by Gasteiger charge is 2.18. The van der Waals surface area contributed by atoms with Gasteiger partial charge < -0.3 is 20.1 Å². The first kappa shape index (κ1) is 19.1. The van der Waals surface area contributed by atoms with E-state index in [1.54, 1.807) is 18.5 Å². The Morgan fingerprint density at radius 1 is 1.44 bits per heavy atom. The number of rotatable bonds is 6. The molecule has 8 nitrogen and oxygen atoms in total. The molecule has 1 saturated heterocycles. The van der Waals surface area contributed by atoms with Gasteiger partial charge in [-0.1, -0.05) is 6.07 Å². The number of esters is 1. The number of nitrogens with zero attached hydrogens (tertiary/aromatic N) is 2. The Morgan fingerprint density at radius 2 is 2.30 bits per heavy atom. The molecule has 0 aliphatic carbocycles. The number of nitrogens with one attached hydrogen (secondary N) is 2. The van der Waals surface area contributed by atoms with Crippen molar-refractivity contribution in [2.45, 2.75) is 26.3 Å². The predicted molar refractivity (Wildman–Crippen MR) is 100 cm³/mol. The van der Waals surface area contributed by atoms with Crippen LogP contribution in [-0.2, 0) is 14.3 Å². The molecule has 1 aliphatic heterocycles. The highest BCUT2D eigenvalue weighted by Crippen LogP contribution is 2.19. The Bertz CT molecular complexity index is 812. The summed E-state index contributed by atoms with van der Waals surface area (Å²) in [6, 6.07) is 7.36. The molecular formula is C19H24N4O4. The maximum Gasteiger partial charge on any atom is 0.341 e. The Balaban J connectivity index is 1.70. The topological polar surface area (TPSA) is 94.5 Å². The normalized spacial score (nSPS) is 16.7. The molecule has 0 saturated carbocycles. The third kappa shape index (κ3) is 4.72. The van der Waals surface area contributed by atoms with Gasteiger partial charge in [0, 0.05) is 24.7 Å². The number of aromatic nitrogens is 2. The van der Waals surface area contributed by atoms with Crippen molar-refractivity contribution >= 4 is 17.6 Å². The summed E-state index contributed by atoms with van der Waals surface area (Å²) in [7, 11) is 0. The lowest BCUT2D eigenvalue weighted by Crippen LogP contribution is -2.43. The maximum atomic E-state index is 12.3. The number of hydrogen-bond donors (Lipinski definition) is 2. The molecule has 0 bridgehead atoms. The number of carbonyl (C=O) groups excluding carboxylic acids is 2. The Labute approximate surface area is 157 Å². The number of hydrogen-bond acceptors (Lipinski definition) is 6. The number of ether oxygens (including phenoxy) is 2. The Hall–Kier alpha value is -2.71. The lowest BCUT2D eigenvalue weighted by molar-refractivity contribution is -0.117. The van der Waals surface area contributed by atoms with Crippen molar-refractivity contribution in [2.24, 2.45) is 0 Å². The average Bonchev–Trinajstić information content (AvgIpc) is 3.04. The van der Waals surface area contributed by atoms with Gasteiger partial charge in [0.05, 0.1) is 37.4 Å². The van der Waals surface area contributed by atoms with Crippen LogP contribution >= 0.6 is 0 Å². The molecule has 3 rings (SSSR count). The van der Waals surface area contributed by atoms with E-state index >= 15 is 0 Å². The first-order chi connectivity index (χ1) is 13.1. The van der Waals surface area contributed by atoms with Crippen molar-refractivity contribution in [1.29, 1.82) is 0 Å². The zero-order valence-corrected chi connectivity index (χ0v) is 15.5. The number of carbonyl (C=O) groups is 2. The fourth-order valence-electron chi connectivity index (χ4n) is 2.98. The standard InChI is InChI=1S/C19H24N4O4/c1-3-27-19(25)17-11-21-23(13(17)2)16-6-4-5-14(9-16)22-18(24)10-15-12-26-8-7-20-15/h4-6,9,11,15,20H,3,7-8,10,12H2,1-2H3,(H,22,24). The van der Waals surface area contributed by atoms with E-state index < -0.39 is 5.97 Å². The van der Waals surface area contributed by atoms with Gasteiger partial charge in [0.2, 0.25) is 5.91 Å². The fourth-order valence-corrected chi connectivity index (χ4v) is 2.98. The van der Waals surface area contributed by atoms with Gasteiger partial charge in [0.15, 0.2) is 0 Å². The summed E-state index contributed by atoms with van der Waals surface area (Å²) in [4.78, 5) is 24.2. The summed E-state index contributed by atoms with van der Waals surface area (Å²) >= 11 is 0. The van der Waals surface area contributed by atoms with Crippen LogP contribution in [0.3, 0.4) is 0 Å². The van der Waals surface area contributed by atoms with Gasteiger partial charge in [0.1, 0.15) is 5.56 Å². The average molecular weight is 372 g/mol. The van der Waals surface area contributed by atoms with Crippen molar-refractivity contribution in [3.8, 4) is 5.69 Å². The molecule has 0 spiro atoms. The molecule has 2 aromatic rings. The van der Waals surface area contributed by atoms with Gasteiger partial charge in [-0.3, -0.25) is 4.79 Å². The van der Waals surface area contributed by atoms with E-state index in [1.807, 2.05) is 24.3 Å². The third-order valence-electron chi connectivity index (χ3n) is 4.31. The van der Waals surface area contributed by atoms with Crippen molar-refractivity contribution in [3.63, 3.8) is 0 Å². The molecule has 1 fully saturated rings. The smallest absolute Gasteiger partial charge is 0.341 e. The number of amides is 1. The second-order valence-electron chi connectivity index (χ2n) is 6.30. The van der Waals surface area contributed by atoms with Crippen molar-refractivity contribution in [1.82, 2.24) is 15.1 Å². The van der Waals surface area contributed by atoms with Crippen LogP contribution in [-0.4, -0.2) is 54.1 Å². The summed E-state index contributed by atoms with van der Waals surface area (Å²) in [5.41, 5.74) is 2.52. The molecule has 27 heavy (non-hydrogen) atoms. The van der Waals surface area contributed by atoms with Gasteiger partial charge in [-0.2, -0.15) is 5.10 Å². The van der Waals surface area contributed by atoms with E-state index in [1.165, 1.54) is 6.20 Å². The zero-order valence-electron chi connectivity index (χ0n) is 15.5. The predicted octanol–water partition coefficient (Wildman–Crippen LogP) is 1.67.